The molecule has 0 amide bonds. The first kappa shape index (κ1) is 26.9. The highest BCUT2D eigenvalue weighted by Crippen LogP contribution is 2.21. The number of nitrogens with zero attached hydrogens (tertiary/aromatic N) is 2. The predicted molar refractivity (Wildman–Crippen MR) is 144 cm³/mol. The summed E-state index contributed by atoms with van der Waals surface area (Å²) in [6.07, 6.45) is 2.45. The molecule has 1 fully saturated rings. The molecule has 1 aliphatic rings. The molecule has 178 valence electrons. The first-order valence-corrected chi connectivity index (χ1v) is 12.0. The van der Waals surface area contributed by atoms with Crippen LogP contribution < -0.4 is 15.4 Å². The fourth-order valence-electron chi connectivity index (χ4n) is 3.79. The highest BCUT2D eigenvalue weighted by atomic mass is 127. The average Bonchev–Trinajstić information content (AvgIpc) is 3.29. The molecule has 32 heavy (non-hydrogen) atoms. The van der Waals surface area contributed by atoms with E-state index in [0.717, 1.165) is 30.4 Å². The van der Waals surface area contributed by atoms with Gasteiger partial charge in [-0.15, -0.1) is 35.3 Å². The quantitative estimate of drug-likeness (QED) is 0.193. The van der Waals surface area contributed by atoms with Crippen LogP contribution in [0.25, 0.3) is 0 Å². The second-order valence-corrected chi connectivity index (χ2v) is 9.09. The maximum atomic E-state index is 5.90. The molecule has 0 spiro atoms. The number of rotatable bonds is 10. The van der Waals surface area contributed by atoms with Gasteiger partial charge in [0, 0.05) is 44.2 Å². The zero-order valence-corrected chi connectivity index (χ0v) is 22.6. The second kappa shape index (κ2) is 14.7. The SMILES string of the molecule is CN=C(NCc1ccc(C)cc1OCCOC)NCC1CCN(Cc2cccs2)CC1.I. The van der Waals surface area contributed by atoms with Crippen molar-refractivity contribution in [1.29, 1.82) is 0 Å². The van der Waals surface area contributed by atoms with Gasteiger partial charge in [0.25, 0.3) is 0 Å². The van der Waals surface area contributed by atoms with Crippen LogP contribution in [0.5, 0.6) is 5.75 Å². The normalized spacial score (nSPS) is 15.3. The van der Waals surface area contributed by atoms with Crippen molar-refractivity contribution in [3.8, 4) is 5.75 Å². The van der Waals surface area contributed by atoms with Gasteiger partial charge in [-0.05, 0) is 61.8 Å². The smallest absolute Gasteiger partial charge is 0.191 e. The lowest BCUT2D eigenvalue weighted by Crippen LogP contribution is -2.42. The summed E-state index contributed by atoms with van der Waals surface area (Å²) in [5, 5.41) is 9.11. The van der Waals surface area contributed by atoms with Crippen molar-refractivity contribution < 1.29 is 9.47 Å². The van der Waals surface area contributed by atoms with Crippen molar-refractivity contribution in [3.05, 3.63) is 51.7 Å². The molecule has 0 saturated carbocycles. The lowest BCUT2D eigenvalue weighted by molar-refractivity contribution is 0.145. The van der Waals surface area contributed by atoms with Gasteiger partial charge in [-0.25, -0.2) is 0 Å². The summed E-state index contributed by atoms with van der Waals surface area (Å²) in [4.78, 5) is 8.43. The van der Waals surface area contributed by atoms with E-state index < -0.39 is 0 Å². The van der Waals surface area contributed by atoms with E-state index in [9.17, 15) is 0 Å². The molecule has 6 nitrogen and oxygen atoms in total. The summed E-state index contributed by atoms with van der Waals surface area (Å²) >= 11 is 1.85. The maximum Gasteiger partial charge on any atom is 0.191 e. The summed E-state index contributed by atoms with van der Waals surface area (Å²) in [7, 11) is 3.51. The Kier molecular flexibility index (Phi) is 12.4. The number of thiophene rings is 1. The van der Waals surface area contributed by atoms with Crippen LogP contribution in [0.2, 0.25) is 0 Å². The number of guanidine groups is 1. The van der Waals surface area contributed by atoms with E-state index in [0.29, 0.717) is 25.7 Å². The third-order valence-corrected chi connectivity index (χ3v) is 6.52. The Morgan fingerprint density at radius 2 is 2.00 bits per heavy atom. The first-order chi connectivity index (χ1) is 15.2. The molecule has 2 heterocycles. The number of halogens is 1. The number of hydrogen-bond acceptors (Lipinski definition) is 5. The maximum absolute atomic E-state index is 5.90. The van der Waals surface area contributed by atoms with E-state index in [1.807, 2.05) is 18.4 Å². The van der Waals surface area contributed by atoms with E-state index in [4.69, 9.17) is 9.47 Å². The van der Waals surface area contributed by atoms with Crippen molar-refractivity contribution in [2.24, 2.45) is 10.9 Å². The van der Waals surface area contributed by atoms with Gasteiger partial charge in [0.1, 0.15) is 12.4 Å². The zero-order chi connectivity index (χ0) is 21.9. The molecular formula is C24H37IN4O2S. The summed E-state index contributed by atoms with van der Waals surface area (Å²) in [6, 6.07) is 10.7. The third kappa shape index (κ3) is 8.88. The van der Waals surface area contributed by atoms with Crippen LogP contribution in [0.1, 0.15) is 28.8 Å². The van der Waals surface area contributed by atoms with Crippen LogP contribution in [-0.2, 0) is 17.8 Å². The first-order valence-electron chi connectivity index (χ1n) is 11.1. The lowest BCUT2D eigenvalue weighted by Gasteiger charge is -2.32. The Bertz CT molecular complexity index is 808. The Morgan fingerprint density at radius 1 is 1.19 bits per heavy atom. The Hall–Kier alpha value is -1.36. The lowest BCUT2D eigenvalue weighted by atomic mass is 9.97. The van der Waals surface area contributed by atoms with Crippen molar-refractivity contribution >= 4 is 41.3 Å². The summed E-state index contributed by atoms with van der Waals surface area (Å²) in [6.45, 7) is 8.25. The van der Waals surface area contributed by atoms with Crippen LogP contribution in [0.3, 0.4) is 0 Å². The number of benzene rings is 1. The summed E-state index contributed by atoms with van der Waals surface area (Å²) < 4.78 is 11.0. The molecule has 1 saturated heterocycles. The van der Waals surface area contributed by atoms with Crippen LogP contribution in [0.15, 0.2) is 40.7 Å². The minimum absolute atomic E-state index is 0. The second-order valence-electron chi connectivity index (χ2n) is 8.06. The number of aliphatic imine (C=N–C) groups is 1. The molecule has 0 aliphatic carbocycles. The minimum atomic E-state index is 0. The summed E-state index contributed by atoms with van der Waals surface area (Å²) in [5.41, 5.74) is 2.30. The van der Waals surface area contributed by atoms with Crippen LogP contribution in [0.4, 0.5) is 0 Å². The Morgan fingerprint density at radius 3 is 2.69 bits per heavy atom. The predicted octanol–water partition coefficient (Wildman–Crippen LogP) is 4.28. The standard InChI is InChI=1S/C24H36N4O2S.HI/c1-19-6-7-21(23(15-19)30-13-12-29-3)17-27-24(25-2)26-16-20-8-10-28(11-9-20)18-22-5-4-14-31-22;/h4-7,14-15,20H,8-13,16-18H2,1-3H3,(H2,25,26,27);1H. The van der Waals surface area contributed by atoms with E-state index in [1.165, 1.54) is 36.4 Å². The van der Waals surface area contributed by atoms with Gasteiger partial charge in [0.05, 0.1) is 6.61 Å². The molecule has 3 rings (SSSR count). The Balaban J connectivity index is 0.00000363. The Labute approximate surface area is 213 Å². The fraction of sp³-hybridized carbons (Fsp3) is 0.542. The highest BCUT2D eigenvalue weighted by Gasteiger charge is 2.19. The molecule has 2 N–H and O–H groups in total. The zero-order valence-electron chi connectivity index (χ0n) is 19.4. The molecule has 1 aliphatic heterocycles. The van der Waals surface area contributed by atoms with Gasteiger partial charge in [-0.3, -0.25) is 9.89 Å². The van der Waals surface area contributed by atoms with Crippen LogP contribution in [0, 0.1) is 12.8 Å². The molecule has 0 unspecified atom stereocenters. The summed E-state index contributed by atoms with van der Waals surface area (Å²) in [5.74, 6) is 2.42. The number of likely N-dealkylation sites (tertiary alicyclic amines) is 1. The van der Waals surface area contributed by atoms with E-state index in [-0.39, 0.29) is 24.0 Å². The van der Waals surface area contributed by atoms with Crippen LogP contribution in [-0.4, -0.2) is 57.9 Å². The van der Waals surface area contributed by atoms with Crippen molar-refractivity contribution in [1.82, 2.24) is 15.5 Å². The average molecular weight is 573 g/mol. The molecule has 2 aromatic rings. The van der Waals surface area contributed by atoms with Crippen LogP contribution >= 0.6 is 35.3 Å². The number of ether oxygens (including phenoxy) is 2. The van der Waals surface area contributed by atoms with E-state index >= 15 is 0 Å². The largest absolute Gasteiger partial charge is 0.491 e. The fourth-order valence-corrected chi connectivity index (χ4v) is 4.54. The van der Waals surface area contributed by atoms with Crippen molar-refractivity contribution in [2.45, 2.75) is 32.9 Å². The van der Waals surface area contributed by atoms with Gasteiger partial charge in [0.15, 0.2) is 5.96 Å². The van der Waals surface area contributed by atoms with Crippen molar-refractivity contribution in [3.63, 3.8) is 0 Å². The number of nitrogens with one attached hydrogen (secondary N) is 2. The van der Waals surface area contributed by atoms with Gasteiger partial charge < -0.3 is 20.1 Å². The van der Waals surface area contributed by atoms with E-state index in [1.54, 1.807) is 7.11 Å². The molecule has 0 bridgehead atoms. The molecular weight excluding hydrogens is 535 g/mol. The topological polar surface area (TPSA) is 58.1 Å². The molecule has 8 heteroatoms. The van der Waals surface area contributed by atoms with Gasteiger partial charge in [-0.2, -0.15) is 0 Å². The van der Waals surface area contributed by atoms with Crippen molar-refractivity contribution in [2.75, 3.05) is 47.0 Å². The molecule has 0 atom stereocenters. The molecule has 1 aromatic heterocycles. The number of methoxy groups -OCH3 is 1. The number of aryl methyl sites for hydroxylation is 1. The molecule has 1 aromatic carbocycles. The molecule has 0 radical (unpaired) electrons. The number of hydrogen-bond donors (Lipinski definition) is 2. The third-order valence-electron chi connectivity index (χ3n) is 5.66. The highest BCUT2D eigenvalue weighted by molar-refractivity contribution is 14.0. The van der Waals surface area contributed by atoms with Gasteiger partial charge in [0.2, 0.25) is 0 Å². The van der Waals surface area contributed by atoms with E-state index in [2.05, 4.69) is 63.2 Å². The van der Waals surface area contributed by atoms with Gasteiger partial charge >= 0.3 is 0 Å². The number of piperidine rings is 1. The van der Waals surface area contributed by atoms with Gasteiger partial charge in [-0.1, -0.05) is 18.2 Å². The monoisotopic (exact) mass is 572 g/mol. The minimum Gasteiger partial charge on any atom is -0.491 e.